The van der Waals surface area contributed by atoms with Gasteiger partial charge in [-0.1, -0.05) is 12.1 Å². The third kappa shape index (κ3) is 3.43. The van der Waals surface area contributed by atoms with Crippen LogP contribution < -0.4 is 0 Å². The summed E-state index contributed by atoms with van der Waals surface area (Å²) in [6.45, 7) is 0.954. The summed E-state index contributed by atoms with van der Waals surface area (Å²) < 4.78 is 27.7. The number of carboxylic acid groups (broad SMARTS) is 1. The molecule has 1 aliphatic heterocycles. The van der Waals surface area contributed by atoms with Gasteiger partial charge < -0.3 is 5.11 Å². The maximum atomic E-state index is 14.4. The van der Waals surface area contributed by atoms with Gasteiger partial charge in [-0.2, -0.15) is 0 Å². The van der Waals surface area contributed by atoms with E-state index in [-0.39, 0.29) is 0 Å². The predicted octanol–water partition coefficient (Wildman–Crippen LogP) is 3.25. The van der Waals surface area contributed by atoms with E-state index in [1.165, 1.54) is 12.1 Å². The number of carbonyl (C=O) groups is 1. The highest BCUT2D eigenvalue weighted by atomic mass is 19.1. The molecule has 0 amide bonds. The molecule has 2 atom stereocenters. The first-order valence-electron chi connectivity index (χ1n) is 7.89. The largest absolute Gasteiger partial charge is 0.481 e. The molecule has 1 saturated heterocycles. The molecule has 0 radical (unpaired) electrons. The van der Waals surface area contributed by atoms with Crippen molar-refractivity contribution in [3.8, 4) is 0 Å². The lowest BCUT2D eigenvalue weighted by atomic mass is 9.93. The van der Waals surface area contributed by atoms with E-state index in [1.54, 1.807) is 24.4 Å². The number of hydrogen-bond acceptors (Lipinski definition) is 3. The topological polar surface area (TPSA) is 53.4 Å². The number of pyridine rings is 1. The van der Waals surface area contributed by atoms with Crippen molar-refractivity contribution in [1.29, 1.82) is 0 Å². The minimum Gasteiger partial charge on any atom is -0.481 e. The molecule has 1 fully saturated rings. The Kier molecular flexibility index (Phi) is 4.85. The van der Waals surface area contributed by atoms with Crippen LogP contribution in [0.2, 0.25) is 0 Å². The summed E-state index contributed by atoms with van der Waals surface area (Å²) in [5, 5.41) is 9.30. The fraction of sp³-hybridized carbons (Fsp3) is 0.333. The molecule has 0 spiro atoms. The smallest absolute Gasteiger partial charge is 0.307 e. The van der Waals surface area contributed by atoms with Gasteiger partial charge in [-0.05, 0) is 37.6 Å². The highest BCUT2D eigenvalue weighted by Crippen LogP contribution is 2.33. The lowest BCUT2D eigenvalue weighted by molar-refractivity contribution is -0.143. The predicted molar refractivity (Wildman–Crippen MR) is 84.4 cm³/mol. The maximum absolute atomic E-state index is 14.4. The Labute approximate surface area is 138 Å². The molecule has 1 N–H and O–H groups in total. The zero-order valence-electron chi connectivity index (χ0n) is 13.0. The van der Waals surface area contributed by atoms with Crippen LogP contribution in [-0.4, -0.2) is 34.0 Å². The third-order valence-electron chi connectivity index (χ3n) is 4.39. The van der Waals surface area contributed by atoms with Crippen molar-refractivity contribution in [1.82, 2.24) is 9.88 Å². The van der Waals surface area contributed by atoms with E-state index in [4.69, 9.17) is 0 Å². The Morgan fingerprint density at radius 3 is 2.79 bits per heavy atom. The average molecular weight is 332 g/mol. The van der Waals surface area contributed by atoms with Crippen molar-refractivity contribution in [3.63, 3.8) is 0 Å². The van der Waals surface area contributed by atoms with Gasteiger partial charge >= 0.3 is 5.97 Å². The molecule has 1 aromatic carbocycles. The van der Waals surface area contributed by atoms with E-state index in [9.17, 15) is 18.7 Å². The molecule has 0 bridgehead atoms. The van der Waals surface area contributed by atoms with Crippen molar-refractivity contribution >= 4 is 5.97 Å². The zero-order chi connectivity index (χ0) is 17.1. The number of carboxylic acids is 1. The molecule has 2 unspecified atom stereocenters. The van der Waals surface area contributed by atoms with Crippen LogP contribution in [0.4, 0.5) is 8.78 Å². The highest BCUT2D eigenvalue weighted by Gasteiger charge is 2.33. The van der Waals surface area contributed by atoms with Crippen LogP contribution in [0.5, 0.6) is 0 Å². The van der Waals surface area contributed by atoms with Gasteiger partial charge in [0.05, 0.1) is 17.7 Å². The number of piperidine rings is 1. The first kappa shape index (κ1) is 16.5. The molecule has 0 aliphatic carbocycles. The molecule has 1 aliphatic rings. The molecule has 2 aromatic rings. The van der Waals surface area contributed by atoms with Gasteiger partial charge in [0.25, 0.3) is 0 Å². The number of aliphatic carboxylic acids is 1. The standard InChI is InChI=1S/C18H18F2N2O2/c19-13-6-7-14(15(20)10-13)17(16-5-1-2-8-21-16)22-9-3-4-12(11-22)18(23)24/h1-2,5-8,10,12,17H,3-4,9,11H2,(H,23,24). The number of nitrogens with zero attached hydrogens (tertiary/aromatic N) is 2. The van der Waals surface area contributed by atoms with Gasteiger partial charge in [-0.15, -0.1) is 0 Å². The van der Waals surface area contributed by atoms with Crippen LogP contribution in [0.1, 0.15) is 30.1 Å². The summed E-state index contributed by atoms with van der Waals surface area (Å²) in [5.74, 6) is -2.63. The fourth-order valence-electron chi connectivity index (χ4n) is 3.25. The van der Waals surface area contributed by atoms with Gasteiger partial charge in [-0.25, -0.2) is 8.78 Å². The van der Waals surface area contributed by atoms with Crippen molar-refractivity contribution in [2.45, 2.75) is 18.9 Å². The summed E-state index contributed by atoms with van der Waals surface area (Å²) in [4.78, 5) is 17.6. The average Bonchev–Trinajstić information content (AvgIpc) is 2.58. The first-order valence-corrected chi connectivity index (χ1v) is 7.89. The van der Waals surface area contributed by atoms with Crippen LogP contribution >= 0.6 is 0 Å². The molecule has 1 aromatic heterocycles. The van der Waals surface area contributed by atoms with Gasteiger partial charge in [0.1, 0.15) is 11.6 Å². The van der Waals surface area contributed by atoms with E-state index >= 15 is 0 Å². The molecule has 0 saturated carbocycles. The molecular formula is C18H18F2N2O2. The molecule has 3 rings (SSSR count). The molecule has 24 heavy (non-hydrogen) atoms. The van der Waals surface area contributed by atoms with Gasteiger partial charge in [0.15, 0.2) is 0 Å². The number of benzene rings is 1. The fourth-order valence-corrected chi connectivity index (χ4v) is 3.25. The van der Waals surface area contributed by atoms with Gasteiger partial charge in [0, 0.05) is 24.4 Å². The number of aromatic nitrogens is 1. The summed E-state index contributed by atoms with van der Waals surface area (Å²) in [7, 11) is 0. The van der Waals surface area contributed by atoms with E-state index in [0.717, 1.165) is 6.07 Å². The second-order valence-electron chi connectivity index (χ2n) is 6.00. The second-order valence-corrected chi connectivity index (χ2v) is 6.00. The van der Waals surface area contributed by atoms with Crippen LogP contribution in [0.15, 0.2) is 42.6 Å². The second kappa shape index (κ2) is 7.05. The van der Waals surface area contributed by atoms with E-state index < -0.39 is 29.6 Å². The first-order chi connectivity index (χ1) is 11.6. The molecule has 6 heteroatoms. The summed E-state index contributed by atoms with van der Waals surface area (Å²) in [5.41, 5.74) is 0.926. The van der Waals surface area contributed by atoms with Crippen molar-refractivity contribution in [2.24, 2.45) is 5.92 Å². The Bertz CT molecular complexity index is 724. The Balaban J connectivity index is 2.01. The van der Waals surface area contributed by atoms with Crippen LogP contribution in [-0.2, 0) is 4.79 Å². The Morgan fingerprint density at radius 1 is 1.29 bits per heavy atom. The Morgan fingerprint density at radius 2 is 2.12 bits per heavy atom. The molecular weight excluding hydrogens is 314 g/mol. The number of likely N-dealkylation sites (tertiary alicyclic amines) is 1. The van der Waals surface area contributed by atoms with Crippen molar-refractivity contribution < 1.29 is 18.7 Å². The lowest BCUT2D eigenvalue weighted by Gasteiger charge is -2.37. The van der Waals surface area contributed by atoms with Crippen molar-refractivity contribution in [3.05, 3.63) is 65.5 Å². The Hall–Kier alpha value is -2.34. The lowest BCUT2D eigenvalue weighted by Crippen LogP contribution is -2.41. The highest BCUT2D eigenvalue weighted by molar-refractivity contribution is 5.70. The summed E-state index contributed by atoms with van der Waals surface area (Å²) in [6.07, 6.45) is 2.93. The van der Waals surface area contributed by atoms with Crippen LogP contribution in [0, 0.1) is 17.6 Å². The summed E-state index contributed by atoms with van der Waals surface area (Å²) in [6, 6.07) is 8.28. The SMILES string of the molecule is O=C(O)C1CCCN(C(c2ccccn2)c2ccc(F)cc2F)C1. The molecule has 4 nitrogen and oxygen atoms in total. The number of hydrogen-bond donors (Lipinski definition) is 1. The molecule has 126 valence electrons. The van der Waals surface area contributed by atoms with Crippen LogP contribution in [0.3, 0.4) is 0 Å². The number of halogens is 2. The van der Waals surface area contributed by atoms with Gasteiger partial charge in [0.2, 0.25) is 0 Å². The normalized spacial score (nSPS) is 19.8. The van der Waals surface area contributed by atoms with Gasteiger partial charge in [-0.3, -0.25) is 14.7 Å². The quantitative estimate of drug-likeness (QED) is 0.934. The summed E-state index contributed by atoms with van der Waals surface area (Å²) >= 11 is 0. The minimum absolute atomic E-state index is 0.307. The van der Waals surface area contributed by atoms with E-state index in [1.807, 2.05) is 4.90 Å². The van der Waals surface area contributed by atoms with Crippen LogP contribution in [0.25, 0.3) is 0 Å². The number of rotatable bonds is 4. The molecule has 2 heterocycles. The monoisotopic (exact) mass is 332 g/mol. The van der Waals surface area contributed by atoms with E-state index in [2.05, 4.69) is 4.98 Å². The zero-order valence-corrected chi connectivity index (χ0v) is 13.0. The maximum Gasteiger partial charge on any atom is 0.307 e. The minimum atomic E-state index is -0.848. The van der Waals surface area contributed by atoms with Crippen molar-refractivity contribution in [2.75, 3.05) is 13.1 Å². The van der Waals surface area contributed by atoms with E-state index in [0.29, 0.717) is 37.2 Å². The third-order valence-corrected chi connectivity index (χ3v) is 4.39.